The third kappa shape index (κ3) is 5.63. The fourth-order valence-electron chi connectivity index (χ4n) is 2.85. The van der Waals surface area contributed by atoms with E-state index in [0.29, 0.717) is 17.0 Å². The standard InChI is InChI=1S/C21H19N5O7S/c1-14(15-4-3-5-17(12-15)25(27)28)22-23-20-11-10-19(13-21(20)26(29)30)34(31,32)24-16-6-8-18(33-2)9-7-16/h3-13,23-24H,1-2H3/b22-14+. The van der Waals surface area contributed by atoms with Crippen LogP contribution in [0.25, 0.3) is 0 Å². The maximum Gasteiger partial charge on any atom is 0.295 e. The Morgan fingerprint density at radius 1 is 0.971 bits per heavy atom. The molecule has 2 N–H and O–H groups in total. The zero-order chi connectivity index (χ0) is 24.9. The van der Waals surface area contributed by atoms with Crippen LogP contribution in [0, 0.1) is 20.2 Å². The number of anilines is 2. The predicted octanol–water partition coefficient (Wildman–Crippen LogP) is 4.15. The number of rotatable bonds is 9. The van der Waals surface area contributed by atoms with Crippen molar-refractivity contribution in [2.45, 2.75) is 11.8 Å². The average molecular weight is 485 g/mol. The van der Waals surface area contributed by atoms with Crippen molar-refractivity contribution in [2.24, 2.45) is 5.10 Å². The third-order valence-electron chi connectivity index (χ3n) is 4.64. The molecule has 13 heteroatoms. The van der Waals surface area contributed by atoms with E-state index >= 15 is 0 Å². The molecule has 34 heavy (non-hydrogen) atoms. The summed E-state index contributed by atoms with van der Waals surface area (Å²) in [5, 5.41) is 26.6. The lowest BCUT2D eigenvalue weighted by Gasteiger charge is -2.10. The molecular formula is C21H19N5O7S. The van der Waals surface area contributed by atoms with Gasteiger partial charge in [-0.25, -0.2) is 8.42 Å². The molecule has 3 aromatic rings. The quantitative estimate of drug-likeness (QED) is 0.259. The van der Waals surface area contributed by atoms with Gasteiger partial charge in [-0.15, -0.1) is 0 Å². The highest BCUT2D eigenvalue weighted by molar-refractivity contribution is 7.92. The highest BCUT2D eigenvalue weighted by Crippen LogP contribution is 2.29. The van der Waals surface area contributed by atoms with Crippen LogP contribution in [0.15, 0.2) is 76.7 Å². The number of sulfonamides is 1. The van der Waals surface area contributed by atoms with E-state index in [1.165, 1.54) is 49.6 Å². The number of hydrogen-bond acceptors (Lipinski definition) is 9. The number of benzene rings is 3. The minimum atomic E-state index is -4.12. The Balaban J connectivity index is 1.86. The van der Waals surface area contributed by atoms with E-state index in [9.17, 15) is 28.6 Å². The van der Waals surface area contributed by atoms with E-state index in [1.807, 2.05) is 0 Å². The SMILES string of the molecule is COc1ccc(NS(=O)(=O)c2ccc(N/N=C(\C)c3cccc([N+](=O)[O-])c3)c([N+](=O)[O-])c2)cc1. The Morgan fingerprint density at radius 2 is 1.68 bits per heavy atom. The van der Waals surface area contributed by atoms with Crippen molar-refractivity contribution >= 4 is 38.5 Å². The van der Waals surface area contributed by atoms with Gasteiger partial charge in [0.15, 0.2) is 0 Å². The molecule has 0 aliphatic rings. The first-order valence-corrected chi connectivity index (χ1v) is 11.1. The summed E-state index contributed by atoms with van der Waals surface area (Å²) in [4.78, 5) is 20.9. The van der Waals surface area contributed by atoms with E-state index in [1.54, 1.807) is 25.1 Å². The Labute approximate surface area is 194 Å². The van der Waals surface area contributed by atoms with Gasteiger partial charge in [0.1, 0.15) is 11.4 Å². The lowest BCUT2D eigenvalue weighted by atomic mass is 10.1. The van der Waals surface area contributed by atoms with Gasteiger partial charge in [-0.05, 0) is 43.3 Å². The van der Waals surface area contributed by atoms with Crippen LogP contribution >= 0.6 is 0 Å². The molecule has 0 fully saturated rings. The van der Waals surface area contributed by atoms with Gasteiger partial charge in [0.2, 0.25) is 0 Å². The summed E-state index contributed by atoms with van der Waals surface area (Å²) in [7, 11) is -2.64. The number of hydrazone groups is 1. The number of nitro groups is 2. The molecule has 0 saturated carbocycles. The van der Waals surface area contributed by atoms with Crippen LogP contribution in [-0.2, 0) is 10.0 Å². The molecule has 0 heterocycles. The first kappa shape index (κ1) is 24.1. The third-order valence-corrected chi connectivity index (χ3v) is 6.02. The molecule has 0 aliphatic carbocycles. The van der Waals surface area contributed by atoms with Gasteiger partial charge in [-0.2, -0.15) is 5.10 Å². The summed E-state index contributed by atoms with van der Waals surface area (Å²) in [6, 6.07) is 15.2. The maximum atomic E-state index is 12.7. The largest absolute Gasteiger partial charge is 0.497 e. The first-order valence-electron chi connectivity index (χ1n) is 9.61. The Bertz CT molecular complexity index is 1370. The summed E-state index contributed by atoms with van der Waals surface area (Å²) in [6.07, 6.45) is 0. The van der Waals surface area contributed by atoms with Crippen LogP contribution in [0.5, 0.6) is 5.75 Å². The van der Waals surface area contributed by atoms with Gasteiger partial charge in [0, 0.05) is 29.4 Å². The Hall–Kier alpha value is -4.52. The molecule has 3 rings (SSSR count). The van der Waals surface area contributed by atoms with Crippen molar-refractivity contribution < 1.29 is 23.0 Å². The fraction of sp³-hybridized carbons (Fsp3) is 0.0952. The zero-order valence-corrected chi connectivity index (χ0v) is 18.8. The molecule has 0 aliphatic heterocycles. The number of nitro benzene ring substituents is 2. The molecule has 0 amide bonds. The molecule has 0 radical (unpaired) electrons. The molecule has 0 spiro atoms. The van der Waals surface area contributed by atoms with Crippen molar-refractivity contribution in [1.82, 2.24) is 0 Å². The molecule has 0 aromatic heterocycles. The summed E-state index contributed by atoms with van der Waals surface area (Å²) in [5.74, 6) is 0.537. The van der Waals surface area contributed by atoms with E-state index in [-0.39, 0.29) is 22.0 Å². The summed E-state index contributed by atoms with van der Waals surface area (Å²) in [6.45, 7) is 1.56. The van der Waals surface area contributed by atoms with E-state index in [2.05, 4.69) is 15.2 Å². The van der Waals surface area contributed by atoms with E-state index in [0.717, 1.165) is 6.07 Å². The van der Waals surface area contributed by atoms with Gasteiger partial charge >= 0.3 is 0 Å². The van der Waals surface area contributed by atoms with Gasteiger partial charge in [0.05, 0.1) is 27.6 Å². The lowest BCUT2D eigenvalue weighted by molar-refractivity contribution is -0.384. The van der Waals surface area contributed by atoms with Crippen LogP contribution in [0.3, 0.4) is 0 Å². The highest BCUT2D eigenvalue weighted by atomic mass is 32.2. The number of nitrogens with one attached hydrogen (secondary N) is 2. The van der Waals surface area contributed by atoms with Gasteiger partial charge in [0.25, 0.3) is 21.4 Å². The van der Waals surface area contributed by atoms with Crippen molar-refractivity contribution in [1.29, 1.82) is 0 Å². The van der Waals surface area contributed by atoms with Crippen LogP contribution in [0.4, 0.5) is 22.7 Å². The number of ether oxygens (including phenoxy) is 1. The van der Waals surface area contributed by atoms with E-state index in [4.69, 9.17) is 4.74 Å². The summed E-state index contributed by atoms with van der Waals surface area (Å²) >= 11 is 0. The molecule has 0 unspecified atom stereocenters. The first-order chi connectivity index (χ1) is 16.1. The van der Waals surface area contributed by atoms with Crippen molar-refractivity contribution in [3.05, 3.63) is 92.5 Å². The fourth-order valence-corrected chi connectivity index (χ4v) is 3.93. The topological polar surface area (TPSA) is 166 Å². The van der Waals surface area contributed by atoms with Crippen LogP contribution in [0.2, 0.25) is 0 Å². The summed E-state index contributed by atoms with van der Waals surface area (Å²) < 4.78 is 32.8. The van der Waals surface area contributed by atoms with Crippen LogP contribution in [-0.4, -0.2) is 31.1 Å². The smallest absolute Gasteiger partial charge is 0.295 e. The molecule has 0 atom stereocenters. The zero-order valence-electron chi connectivity index (χ0n) is 18.0. The lowest BCUT2D eigenvalue weighted by Crippen LogP contribution is -2.13. The molecule has 12 nitrogen and oxygen atoms in total. The van der Waals surface area contributed by atoms with Gasteiger partial charge in [-0.3, -0.25) is 30.4 Å². The second kappa shape index (κ2) is 9.95. The van der Waals surface area contributed by atoms with Crippen molar-refractivity contribution in [3.63, 3.8) is 0 Å². The van der Waals surface area contributed by atoms with Gasteiger partial charge < -0.3 is 4.74 Å². The minimum absolute atomic E-state index is 0.0572. The van der Waals surface area contributed by atoms with Crippen molar-refractivity contribution in [2.75, 3.05) is 17.3 Å². The molecule has 0 saturated heterocycles. The highest BCUT2D eigenvalue weighted by Gasteiger charge is 2.22. The normalized spacial score (nSPS) is 11.5. The predicted molar refractivity (Wildman–Crippen MR) is 126 cm³/mol. The number of methoxy groups -OCH3 is 1. The van der Waals surface area contributed by atoms with Crippen LogP contribution < -0.4 is 14.9 Å². The molecular weight excluding hydrogens is 466 g/mol. The molecule has 176 valence electrons. The average Bonchev–Trinajstić information content (AvgIpc) is 2.82. The van der Waals surface area contributed by atoms with Crippen LogP contribution in [0.1, 0.15) is 12.5 Å². The summed E-state index contributed by atoms with van der Waals surface area (Å²) in [5.41, 5.74) is 2.84. The monoisotopic (exact) mass is 485 g/mol. The molecule has 3 aromatic carbocycles. The second-order valence-corrected chi connectivity index (χ2v) is 8.57. The van der Waals surface area contributed by atoms with Gasteiger partial charge in [-0.1, -0.05) is 12.1 Å². The number of nitrogens with zero attached hydrogens (tertiary/aromatic N) is 3. The Morgan fingerprint density at radius 3 is 2.29 bits per heavy atom. The Kier molecular flexibility index (Phi) is 7.06. The number of non-ortho nitro benzene ring substituents is 1. The minimum Gasteiger partial charge on any atom is -0.497 e. The van der Waals surface area contributed by atoms with E-state index < -0.39 is 25.6 Å². The number of hydrogen-bond donors (Lipinski definition) is 2. The van der Waals surface area contributed by atoms with Crippen molar-refractivity contribution in [3.8, 4) is 5.75 Å². The maximum absolute atomic E-state index is 12.7. The second-order valence-electron chi connectivity index (χ2n) is 6.89. The molecule has 0 bridgehead atoms.